The number of alkyl carbamates (subject to hydrolysis) is 1. The maximum absolute atomic E-state index is 12.3. The minimum Gasteiger partial charge on any atom is -0.480 e. The van der Waals surface area contributed by atoms with Crippen molar-refractivity contribution in [2.75, 3.05) is 0 Å². The summed E-state index contributed by atoms with van der Waals surface area (Å²) in [6.07, 6.45) is -0.619. The number of hydrogen-bond acceptors (Lipinski definition) is 4. The third-order valence-corrected chi connectivity index (χ3v) is 5.83. The van der Waals surface area contributed by atoms with Gasteiger partial charge >= 0.3 is 12.1 Å². The molecule has 31 heavy (non-hydrogen) atoms. The zero-order valence-electron chi connectivity index (χ0n) is 17.3. The third kappa shape index (κ3) is 6.89. The highest BCUT2D eigenvalue weighted by molar-refractivity contribution is 7.98. The summed E-state index contributed by atoms with van der Waals surface area (Å²) in [5.74, 6) is -0.295. The average Bonchev–Trinajstić information content (AvgIpc) is 2.78. The molecule has 160 valence electrons. The van der Waals surface area contributed by atoms with Crippen molar-refractivity contribution in [2.24, 2.45) is 0 Å². The largest absolute Gasteiger partial charge is 0.480 e. The molecule has 3 aromatic rings. The van der Waals surface area contributed by atoms with Crippen LogP contribution in [-0.2, 0) is 28.3 Å². The molecule has 0 aliphatic rings. The van der Waals surface area contributed by atoms with E-state index >= 15 is 0 Å². The highest BCUT2D eigenvalue weighted by atomic mass is 32.2. The van der Waals surface area contributed by atoms with E-state index in [1.54, 1.807) is 11.8 Å². The second-order valence-electron chi connectivity index (χ2n) is 7.42. The van der Waals surface area contributed by atoms with Gasteiger partial charge in [0.15, 0.2) is 0 Å². The summed E-state index contributed by atoms with van der Waals surface area (Å²) in [6.45, 7) is 1.57. The topological polar surface area (TPSA) is 75.6 Å². The van der Waals surface area contributed by atoms with E-state index in [1.165, 1.54) is 12.5 Å². The van der Waals surface area contributed by atoms with Crippen LogP contribution in [-0.4, -0.2) is 22.7 Å². The first-order valence-electron chi connectivity index (χ1n) is 9.92. The first-order chi connectivity index (χ1) is 14.9. The van der Waals surface area contributed by atoms with Gasteiger partial charge < -0.3 is 15.2 Å². The normalized spacial score (nSPS) is 12.5. The molecular weight excluding hydrogens is 410 g/mol. The molecule has 0 saturated heterocycles. The van der Waals surface area contributed by atoms with E-state index in [1.807, 2.05) is 72.8 Å². The zero-order valence-corrected chi connectivity index (χ0v) is 18.1. The number of carbonyl (C=O) groups is 2. The van der Waals surface area contributed by atoms with E-state index in [2.05, 4.69) is 17.4 Å². The SMILES string of the molecule is C[C@@](Cc1cccc(SCc2ccccc2)c1)(NC(=O)OCc1ccccc1)C(=O)O. The summed E-state index contributed by atoms with van der Waals surface area (Å²) in [4.78, 5) is 25.3. The number of aliphatic carboxylic acids is 1. The molecule has 0 aliphatic heterocycles. The lowest BCUT2D eigenvalue weighted by molar-refractivity contribution is -0.143. The molecule has 5 nitrogen and oxygen atoms in total. The molecule has 0 unspecified atom stereocenters. The van der Waals surface area contributed by atoms with E-state index in [9.17, 15) is 14.7 Å². The number of amides is 1. The van der Waals surface area contributed by atoms with Crippen molar-refractivity contribution in [1.29, 1.82) is 0 Å². The van der Waals surface area contributed by atoms with Crippen LogP contribution in [0.2, 0.25) is 0 Å². The quantitative estimate of drug-likeness (QED) is 0.447. The van der Waals surface area contributed by atoms with Crippen molar-refractivity contribution in [3.05, 3.63) is 102 Å². The Hall–Kier alpha value is -3.25. The van der Waals surface area contributed by atoms with E-state index in [-0.39, 0.29) is 13.0 Å². The lowest BCUT2D eigenvalue weighted by Gasteiger charge is -2.26. The van der Waals surface area contributed by atoms with Gasteiger partial charge in [-0.2, -0.15) is 0 Å². The Labute approximate surface area is 186 Å². The molecule has 1 atom stereocenters. The second kappa shape index (κ2) is 10.7. The minimum absolute atomic E-state index is 0.0774. The number of carboxylic acids is 1. The van der Waals surface area contributed by atoms with Crippen molar-refractivity contribution in [1.82, 2.24) is 5.32 Å². The van der Waals surface area contributed by atoms with Crippen LogP contribution in [0.25, 0.3) is 0 Å². The number of carboxylic acid groups (broad SMARTS) is 1. The average molecular weight is 436 g/mol. The Morgan fingerprint density at radius 3 is 2.16 bits per heavy atom. The monoisotopic (exact) mass is 435 g/mol. The molecular formula is C25H25NO4S. The molecule has 0 aliphatic carbocycles. The van der Waals surface area contributed by atoms with Crippen molar-refractivity contribution in [3.8, 4) is 0 Å². The van der Waals surface area contributed by atoms with Gasteiger partial charge in [0.25, 0.3) is 0 Å². The summed E-state index contributed by atoms with van der Waals surface area (Å²) >= 11 is 1.68. The van der Waals surface area contributed by atoms with Crippen LogP contribution in [0.4, 0.5) is 4.79 Å². The maximum Gasteiger partial charge on any atom is 0.408 e. The van der Waals surface area contributed by atoms with Crippen molar-refractivity contribution < 1.29 is 19.4 Å². The summed E-state index contributed by atoms with van der Waals surface area (Å²) in [6, 6.07) is 27.1. The lowest BCUT2D eigenvalue weighted by atomic mass is 9.93. The molecule has 3 aromatic carbocycles. The Bertz CT molecular complexity index is 1010. The fraction of sp³-hybridized carbons (Fsp3) is 0.200. The number of benzene rings is 3. The van der Waals surface area contributed by atoms with Gasteiger partial charge in [-0.3, -0.25) is 0 Å². The Morgan fingerprint density at radius 2 is 1.52 bits per heavy atom. The molecule has 0 aromatic heterocycles. The first kappa shape index (κ1) is 22.4. The van der Waals surface area contributed by atoms with Gasteiger partial charge in [0.05, 0.1) is 0 Å². The standard InChI is InChI=1S/C25H25NO4S/c1-25(23(27)28,26-24(29)30-17-19-9-4-2-5-10-19)16-21-13-8-14-22(15-21)31-18-20-11-6-3-7-12-20/h2-15H,16-18H2,1H3,(H,26,29)(H,27,28)/t25-/m0/s1. The molecule has 1 amide bonds. The predicted octanol–water partition coefficient (Wildman–Crippen LogP) is 5.29. The van der Waals surface area contributed by atoms with Gasteiger partial charge in [0.1, 0.15) is 12.1 Å². The molecule has 2 N–H and O–H groups in total. The highest BCUT2D eigenvalue weighted by Gasteiger charge is 2.35. The van der Waals surface area contributed by atoms with E-state index < -0.39 is 17.6 Å². The summed E-state index contributed by atoms with van der Waals surface area (Å²) < 4.78 is 5.21. The van der Waals surface area contributed by atoms with Gasteiger partial charge in [-0.15, -0.1) is 11.8 Å². The number of nitrogens with one attached hydrogen (secondary N) is 1. The van der Waals surface area contributed by atoms with Gasteiger partial charge in [0.2, 0.25) is 0 Å². The maximum atomic E-state index is 12.3. The summed E-state index contributed by atoms with van der Waals surface area (Å²) in [7, 11) is 0. The van der Waals surface area contributed by atoms with Crippen LogP contribution in [0.1, 0.15) is 23.6 Å². The number of ether oxygens (including phenoxy) is 1. The minimum atomic E-state index is -1.49. The highest BCUT2D eigenvalue weighted by Crippen LogP contribution is 2.25. The van der Waals surface area contributed by atoms with Crippen molar-refractivity contribution in [3.63, 3.8) is 0 Å². The second-order valence-corrected chi connectivity index (χ2v) is 8.47. The number of thioether (sulfide) groups is 1. The van der Waals surface area contributed by atoms with Gasteiger partial charge in [-0.05, 0) is 35.7 Å². The zero-order chi connectivity index (χ0) is 22.1. The molecule has 0 heterocycles. The van der Waals surface area contributed by atoms with Crippen LogP contribution >= 0.6 is 11.8 Å². The van der Waals surface area contributed by atoms with Crippen LogP contribution in [0.3, 0.4) is 0 Å². The molecule has 0 saturated carbocycles. The molecule has 0 fully saturated rings. The Morgan fingerprint density at radius 1 is 0.903 bits per heavy atom. The number of rotatable bonds is 9. The lowest BCUT2D eigenvalue weighted by Crippen LogP contribution is -2.53. The smallest absolute Gasteiger partial charge is 0.408 e. The molecule has 0 spiro atoms. The molecule has 0 bridgehead atoms. The summed E-state index contributed by atoms with van der Waals surface area (Å²) in [5.41, 5.74) is 1.39. The van der Waals surface area contributed by atoms with Crippen LogP contribution in [0.5, 0.6) is 0 Å². The molecule has 0 radical (unpaired) electrons. The fourth-order valence-electron chi connectivity index (χ4n) is 3.05. The van der Waals surface area contributed by atoms with Crippen LogP contribution in [0.15, 0.2) is 89.8 Å². The van der Waals surface area contributed by atoms with Gasteiger partial charge in [-0.25, -0.2) is 9.59 Å². The molecule has 6 heteroatoms. The number of carbonyl (C=O) groups excluding carboxylic acids is 1. The van der Waals surface area contributed by atoms with Crippen LogP contribution in [0, 0.1) is 0 Å². The predicted molar refractivity (Wildman–Crippen MR) is 122 cm³/mol. The first-order valence-corrected chi connectivity index (χ1v) is 10.9. The third-order valence-electron chi connectivity index (χ3n) is 4.77. The fourth-order valence-corrected chi connectivity index (χ4v) is 3.99. The Balaban J connectivity index is 1.61. The van der Waals surface area contributed by atoms with E-state index in [0.29, 0.717) is 0 Å². The van der Waals surface area contributed by atoms with Gasteiger partial charge in [-0.1, -0.05) is 72.8 Å². The van der Waals surface area contributed by atoms with E-state index in [4.69, 9.17) is 4.74 Å². The molecule has 3 rings (SSSR count). The number of hydrogen-bond donors (Lipinski definition) is 2. The van der Waals surface area contributed by atoms with Crippen molar-refractivity contribution >= 4 is 23.8 Å². The Kier molecular flexibility index (Phi) is 7.73. The van der Waals surface area contributed by atoms with Gasteiger partial charge in [0, 0.05) is 17.1 Å². The van der Waals surface area contributed by atoms with E-state index in [0.717, 1.165) is 21.8 Å². The summed E-state index contributed by atoms with van der Waals surface area (Å²) in [5, 5.41) is 12.3. The van der Waals surface area contributed by atoms with Crippen molar-refractivity contribution in [2.45, 2.75) is 36.1 Å². The van der Waals surface area contributed by atoms with Crippen LogP contribution < -0.4 is 5.32 Å².